The maximum atomic E-state index is 5.55. The van der Waals surface area contributed by atoms with Crippen LogP contribution in [0, 0.1) is 5.92 Å². The SMILES string of the molecule is CCCN=C(NCCC)OCC(C)C. The van der Waals surface area contributed by atoms with Crippen molar-refractivity contribution in [3.8, 4) is 0 Å². The average Bonchev–Trinajstić information content (AvgIpc) is 2.16. The maximum absolute atomic E-state index is 5.55. The van der Waals surface area contributed by atoms with Gasteiger partial charge in [0.1, 0.15) is 0 Å². The predicted molar refractivity (Wildman–Crippen MR) is 61.7 cm³/mol. The molecule has 0 amide bonds. The van der Waals surface area contributed by atoms with E-state index in [-0.39, 0.29) is 0 Å². The normalized spacial score (nSPS) is 11.9. The molecule has 3 nitrogen and oxygen atoms in total. The van der Waals surface area contributed by atoms with Crippen LogP contribution in [0.4, 0.5) is 0 Å². The number of aliphatic imine (C=N–C) groups is 1. The lowest BCUT2D eigenvalue weighted by Gasteiger charge is -2.12. The summed E-state index contributed by atoms with van der Waals surface area (Å²) < 4.78 is 5.55. The van der Waals surface area contributed by atoms with E-state index in [2.05, 4.69) is 38.0 Å². The zero-order valence-corrected chi connectivity index (χ0v) is 9.97. The van der Waals surface area contributed by atoms with Crippen LogP contribution in [0.2, 0.25) is 0 Å². The first-order chi connectivity index (χ1) is 6.70. The molecule has 0 saturated heterocycles. The third-order valence-electron chi connectivity index (χ3n) is 1.56. The van der Waals surface area contributed by atoms with Gasteiger partial charge in [-0.2, -0.15) is 0 Å². The highest BCUT2D eigenvalue weighted by atomic mass is 16.5. The van der Waals surface area contributed by atoms with E-state index in [1.54, 1.807) is 0 Å². The van der Waals surface area contributed by atoms with Crippen molar-refractivity contribution in [2.45, 2.75) is 40.5 Å². The molecule has 0 aliphatic rings. The minimum Gasteiger partial charge on any atom is -0.465 e. The van der Waals surface area contributed by atoms with Crippen molar-refractivity contribution >= 4 is 6.02 Å². The van der Waals surface area contributed by atoms with E-state index in [0.29, 0.717) is 11.9 Å². The van der Waals surface area contributed by atoms with E-state index < -0.39 is 0 Å². The van der Waals surface area contributed by atoms with Gasteiger partial charge in [0, 0.05) is 13.1 Å². The Morgan fingerprint density at radius 1 is 1.29 bits per heavy atom. The molecule has 0 atom stereocenters. The van der Waals surface area contributed by atoms with Gasteiger partial charge < -0.3 is 10.1 Å². The molecule has 0 aliphatic carbocycles. The van der Waals surface area contributed by atoms with Gasteiger partial charge in [0.05, 0.1) is 6.61 Å². The molecule has 0 bridgehead atoms. The largest absolute Gasteiger partial charge is 0.465 e. The van der Waals surface area contributed by atoms with E-state index in [9.17, 15) is 0 Å². The predicted octanol–water partition coefficient (Wildman–Crippen LogP) is 2.42. The van der Waals surface area contributed by atoms with E-state index >= 15 is 0 Å². The van der Waals surface area contributed by atoms with Gasteiger partial charge >= 0.3 is 0 Å². The second-order valence-electron chi connectivity index (χ2n) is 3.82. The highest BCUT2D eigenvalue weighted by Gasteiger charge is 2.00. The van der Waals surface area contributed by atoms with Crippen LogP contribution in [0.3, 0.4) is 0 Å². The van der Waals surface area contributed by atoms with Crippen molar-refractivity contribution in [2.75, 3.05) is 19.7 Å². The summed E-state index contributed by atoms with van der Waals surface area (Å²) in [6.07, 6.45) is 2.15. The van der Waals surface area contributed by atoms with Gasteiger partial charge in [-0.1, -0.05) is 27.7 Å². The van der Waals surface area contributed by atoms with Gasteiger partial charge in [-0.15, -0.1) is 0 Å². The van der Waals surface area contributed by atoms with Crippen LogP contribution in [0.5, 0.6) is 0 Å². The zero-order chi connectivity index (χ0) is 10.8. The molecular formula is C11H24N2O. The van der Waals surface area contributed by atoms with E-state index in [1.165, 1.54) is 0 Å². The van der Waals surface area contributed by atoms with Crippen molar-refractivity contribution in [2.24, 2.45) is 10.9 Å². The van der Waals surface area contributed by atoms with Crippen molar-refractivity contribution in [3.63, 3.8) is 0 Å². The van der Waals surface area contributed by atoms with Crippen LogP contribution in [0.25, 0.3) is 0 Å². The second-order valence-corrected chi connectivity index (χ2v) is 3.82. The Balaban J connectivity index is 3.84. The Morgan fingerprint density at radius 3 is 2.50 bits per heavy atom. The molecule has 0 radical (unpaired) electrons. The second kappa shape index (κ2) is 8.85. The minimum absolute atomic E-state index is 0.547. The lowest BCUT2D eigenvalue weighted by molar-refractivity contribution is 0.245. The smallest absolute Gasteiger partial charge is 0.284 e. The van der Waals surface area contributed by atoms with E-state index in [0.717, 1.165) is 32.5 Å². The van der Waals surface area contributed by atoms with Crippen LogP contribution >= 0.6 is 0 Å². The Morgan fingerprint density at radius 2 is 2.00 bits per heavy atom. The molecule has 3 heteroatoms. The number of hydrogen-bond acceptors (Lipinski definition) is 2. The fourth-order valence-electron chi connectivity index (χ4n) is 0.843. The first-order valence-corrected chi connectivity index (χ1v) is 5.61. The molecule has 0 spiro atoms. The van der Waals surface area contributed by atoms with Gasteiger partial charge in [0.2, 0.25) is 0 Å². The van der Waals surface area contributed by atoms with E-state index in [4.69, 9.17) is 4.74 Å². The summed E-state index contributed by atoms with van der Waals surface area (Å²) in [7, 11) is 0. The standard InChI is InChI=1S/C11H24N2O/c1-5-7-12-11(13-8-6-2)14-9-10(3)4/h10H,5-9H2,1-4H3,(H,12,13). The fourth-order valence-corrected chi connectivity index (χ4v) is 0.843. The summed E-state index contributed by atoms with van der Waals surface area (Å²) in [5.74, 6) is 0.547. The number of nitrogens with one attached hydrogen (secondary N) is 1. The molecule has 1 N–H and O–H groups in total. The number of ether oxygens (including phenoxy) is 1. The van der Waals surface area contributed by atoms with Gasteiger partial charge in [-0.25, -0.2) is 4.99 Å². The van der Waals surface area contributed by atoms with Crippen molar-refractivity contribution in [1.29, 1.82) is 0 Å². The number of nitrogens with zero attached hydrogens (tertiary/aromatic N) is 1. The molecule has 0 saturated carbocycles. The Labute approximate surface area is 87.9 Å². The zero-order valence-electron chi connectivity index (χ0n) is 9.97. The first kappa shape index (κ1) is 13.3. The quantitative estimate of drug-likeness (QED) is 0.527. The molecule has 0 aromatic rings. The highest BCUT2D eigenvalue weighted by Crippen LogP contribution is 1.93. The van der Waals surface area contributed by atoms with Crippen LogP contribution < -0.4 is 5.32 Å². The summed E-state index contributed by atoms with van der Waals surface area (Å²) in [6.45, 7) is 11.0. The lowest BCUT2D eigenvalue weighted by Crippen LogP contribution is -2.28. The van der Waals surface area contributed by atoms with Gasteiger partial charge in [0.15, 0.2) is 0 Å². The Hall–Kier alpha value is -0.730. The molecule has 0 fully saturated rings. The summed E-state index contributed by atoms with van der Waals surface area (Å²) in [4.78, 5) is 4.34. The number of rotatable bonds is 6. The van der Waals surface area contributed by atoms with Crippen LogP contribution in [0.1, 0.15) is 40.5 Å². The molecule has 0 rings (SSSR count). The highest BCUT2D eigenvalue weighted by molar-refractivity contribution is 5.73. The lowest BCUT2D eigenvalue weighted by atomic mass is 10.2. The third kappa shape index (κ3) is 7.90. The summed E-state index contributed by atoms with van der Waals surface area (Å²) >= 11 is 0. The van der Waals surface area contributed by atoms with Crippen molar-refractivity contribution in [3.05, 3.63) is 0 Å². The Kier molecular flexibility index (Phi) is 8.39. The Bertz CT molecular complexity index is 155. The molecular weight excluding hydrogens is 176 g/mol. The molecule has 14 heavy (non-hydrogen) atoms. The van der Waals surface area contributed by atoms with Gasteiger partial charge in [0.25, 0.3) is 6.02 Å². The van der Waals surface area contributed by atoms with Crippen LogP contribution in [-0.4, -0.2) is 25.7 Å². The molecule has 84 valence electrons. The monoisotopic (exact) mass is 200 g/mol. The molecule has 0 unspecified atom stereocenters. The molecule has 0 heterocycles. The third-order valence-corrected chi connectivity index (χ3v) is 1.56. The fraction of sp³-hybridized carbons (Fsp3) is 0.909. The molecule has 0 aromatic heterocycles. The molecule has 0 aromatic carbocycles. The van der Waals surface area contributed by atoms with Gasteiger partial charge in [-0.05, 0) is 18.8 Å². The topological polar surface area (TPSA) is 33.6 Å². The van der Waals surface area contributed by atoms with Crippen LogP contribution in [0.15, 0.2) is 4.99 Å². The summed E-state index contributed by atoms with van der Waals surface area (Å²) in [6, 6.07) is 0.711. The van der Waals surface area contributed by atoms with Crippen molar-refractivity contribution < 1.29 is 4.74 Å². The summed E-state index contributed by atoms with van der Waals surface area (Å²) in [5.41, 5.74) is 0. The minimum atomic E-state index is 0.547. The van der Waals surface area contributed by atoms with Crippen LogP contribution in [-0.2, 0) is 4.74 Å². The van der Waals surface area contributed by atoms with Crippen molar-refractivity contribution in [1.82, 2.24) is 5.32 Å². The average molecular weight is 200 g/mol. The van der Waals surface area contributed by atoms with Gasteiger partial charge in [-0.3, -0.25) is 0 Å². The molecule has 0 aliphatic heterocycles. The number of hydrogen-bond donors (Lipinski definition) is 1. The maximum Gasteiger partial charge on any atom is 0.284 e. The first-order valence-electron chi connectivity index (χ1n) is 5.61. The van der Waals surface area contributed by atoms with E-state index in [1.807, 2.05) is 0 Å². The number of amidine groups is 1. The summed E-state index contributed by atoms with van der Waals surface area (Å²) in [5, 5.41) is 3.19.